The first-order chi connectivity index (χ1) is 17.0. The summed E-state index contributed by atoms with van der Waals surface area (Å²) in [6, 6.07) is 15.6. The minimum atomic E-state index is -0.326. The number of halogens is 1. The molecule has 0 aliphatic carbocycles. The Kier molecular flexibility index (Phi) is 6.50. The van der Waals surface area contributed by atoms with Gasteiger partial charge in [-0.05, 0) is 42.5 Å². The Morgan fingerprint density at radius 1 is 1.17 bits per heavy atom. The van der Waals surface area contributed by atoms with Crippen LogP contribution in [0.3, 0.4) is 0 Å². The highest BCUT2D eigenvalue weighted by atomic mass is 32.1. The molecule has 7 nitrogen and oxygen atoms in total. The largest absolute Gasteiger partial charge is 0.497 e. The van der Waals surface area contributed by atoms with Gasteiger partial charge in [0, 0.05) is 37.2 Å². The zero-order valence-electron chi connectivity index (χ0n) is 19.2. The molecular formula is C26H25FN4O3S. The van der Waals surface area contributed by atoms with Gasteiger partial charge in [0.15, 0.2) is 0 Å². The quantitative estimate of drug-likeness (QED) is 0.438. The number of piperidine rings is 1. The smallest absolute Gasteiger partial charge is 0.277 e. The standard InChI is InChI=1S/C26H25FN4O3S/c1-34-20-7-4-6-19(15-20)31-25(33)23-22(11-14-35-23)29-26(31)30-12-9-17(10-13-30)24(32)28-16-18-5-2-3-8-21(18)27/h2-8,11,14-15,17H,9-10,12-13,16H2,1H3,(H,28,32). The van der Waals surface area contributed by atoms with Crippen LogP contribution in [0.4, 0.5) is 10.3 Å². The molecule has 0 saturated carbocycles. The third-order valence-electron chi connectivity index (χ3n) is 6.33. The van der Waals surface area contributed by atoms with E-state index in [2.05, 4.69) is 10.2 Å². The van der Waals surface area contributed by atoms with Crippen molar-refractivity contribution < 1.29 is 13.9 Å². The highest BCUT2D eigenvalue weighted by molar-refractivity contribution is 7.17. The van der Waals surface area contributed by atoms with Crippen molar-refractivity contribution >= 4 is 33.4 Å². The second kappa shape index (κ2) is 9.87. The zero-order valence-corrected chi connectivity index (χ0v) is 20.1. The maximum Gasteiger partial charge on any atom is 0.277 e. The molecule has 35 heavy (non-hydrogen) atoms. The SMILES string of the molecule is COc1cccc(-n2c(N3CCC(C(=O)NCc4ccccc4F)CC3)nc3ccsc3c2=O)c1. The van der Waals surface area contributed by atoms with E-state index in [9.17, 15) is 14.0 Å². The summed E-state index contributed by atoms with van der Waals surface area (Å²) in [5.74, 6) is 0.614. The fraction of sp³-hybridized carbons (Fsp3) is 0.269. The van der Waals surface area contributed by atoms with Crippen LogP contribution in [0.1, 0.15) is 18.4 Å². The Morgan fingerprint density at radius 3 is 2.74 bits per heavy atom. The molecule has 0 unspecified atom stereocenters. The Labute approximate surface area is 205 Å². The summed E-state index contributed by atoms with van der Waals surface area (Å²) in [6.45, 7) is 1.31. The van der Waals surface area contributed by atoms with Crippen LogP contribution >= 0.6 is 11.3 Å². The molecule has 1 fully saturated rings. The number of carbonyl (C=O) groups excluding carboxylic acids is 1. The number of hydrogen-bond donors (Lipinski definition) is 1. The molecule has 0 radical (unpaired) electrons. The number of carbonyl (C=O) groups is 1. The van der Waals surface area contributed by atoms with Crippen molar-refractivity contribution in [3.8, 4) is 11.4 Å². The van der Waals surface area contributed by atoms with Crippen LogP contribution in [-0.4, -0.2) is 35.7 Å². The van der Waals surface area contributed by atoms with Crippen molar-refractivity contribution in [3.63, 3.8) is 0 Å². The molecule has 3 heterocycles. The van der Waals surface area contributed by atoms with E-state index < -0.39 is 0 Å². The van der Waals surface area contributed by atoms with Gasteiger partial charge in [-0.2, -0.15) is 0 Å². The van der Waals surface area contributed by atoms with Crippen molar-refractivity contribution in [2.24, 2.45) is 5.92 Å². The van der Waals surface area contributed by atoms with Crippen LogP contribution in [0.15, 0.2) is 64.8 Å². The zero-order chi connectivity index (χ0) is 24.4. The molecule has 180 valence electrons. The predicted octanol–water partition coefficient (Wildman–Crippen LogP) is 4.13. The van der Waals surface area contributed by atoms with E-state index >= 15 is 0 Å². The first-order valence-corrected chi connectivity index (χ1v) is 12.3. The summed E-state index contributed by atoms with van der Waals surface area (Å²) in [4.78, 5) is 33.1. The number of hydrogen-bond acceptors (Lipinski definition) is 6. The minimum Gasteiger partial charge on any atom is -0.497 e. The van der Waals surface area contributed by atoms with Gasteiger partial charge < -0.3 is 15.0 Å². The van der Waals surface area contributed by atoms with Gasteiger partial charge in [-0.1, -0.05) is 24.3 Å². The molecule has 5 rings (SSSR count). The molecule has 1 saturated heterocycles. The van der Waals surface area contributed by atoms with Gasteiger partial charge in [0.2, 0.25) is 11.9 Å². The van der Waals surface area contributed by atoms with E-state index in [1.54, 1.807) is 29.9 Å². The van der Waals surface area contributed by atoms with Gasteiger partial charge in [-0.3, -0.25) is 9.59 Å². The molecule has 2 aromatic heterocycles. The topological polar surface area (TPSA) is 76.5 Å². The van der Waals surface area contributed by atoms with Gasteiger partial charge in [-0.25, -0.2) is 13.9 Å². The fourth-order valence-electron chi connectivity index (χ4n) is 4.41. The van der Waals surface area contributed by atoms with Crippen molar-refractivity contribution in [1.82, 2.24) is 14.9 Å². The van der Waals surface area contributed by atoms with Crippen LogP contribution in [0.5, 0.6) is 5.75 Å². The Hall–Kier alpha value is -3.72. The van der Waals surface area contributed by atoms with E-state index in [4.69, 9.17) is 9.72 Å². The fourth-order valence-corrected chi connectivity index (χ4v) is 5.16. The highest BCUT2D eigenvalue weighted by Gasteiger charge is 2.28. The number of amides is 1. The summed E-state index contributed by atoms with van der Waals surface area (Å²) < 4.78 is 21.5. The third-order valence-corrected chi connectivity index (χ3v) is 7.22. The molecular weight excluding hydrogens is 467 g/mol. The first kappa shape index (κ1) is 23.0. The number of anilines is 1. The van der Waals surface area contributed by atoms with Crippen molar-refractivity contribution in [3.05, 3.63) is 81.7 Å². The van der Waals surface area contributed by atoms with E-state index in [1.807, 2.05) is 35.7 Å². The Morgan fingerprint density at radius 2 is 1.97 bits per heavy atom. The maximum atomic E-state index is 13.9. The van der Waals surface area contributed by atoms with Gasteiger partial charge in [-0.15, -0.1) is 11.3 Å². The molecule has 0 spiro atoms. The van der Waals surface area contributed by atoms with Crippen molar-refractivity contribution in [1.29, 1.82) is 0 Å². The lowest BCUT2D eigenvalue weighted by molar-refractivity contribution is -0.125. The van der Waals surface area contributed by atoms with Crippen LogP contribution < -0.4 is 20.5 Å². The lowest BCUT2D eigenvalue weighted by Crippen LogP contribution is -2.42. The Bertz CT molecular complexity index is 1430. The van der Waals surface area contributed by atoms with E-state index in [0.29, 0.717) is 59.1 Å². The molecule has 9 heteroatoms. The number of rotatable bonds is 6. The van der Waals surface area contributed by atoms with Gasteiger partial charge >= 0.3 is 0 Å². The average Bonchev–Trinajstić information content (AvgIpc) is 3.37. The molecule has 4 aromatic rings. The number of nitrogens with zero attached hydrogens (tertiary/aromatic N) is 3. The molecule has 0 atom stereocenters. The number of methoxy groups -OCH3 is 1. The van der Waals surface area contributed by atoms with Crippen LogP contribution in [0.2, 0.25) is 0 Å². The Balaban J connectivity index is 1.36. The minimum absolute atomic E-state index is 0.0839. The van der Waals surface area contributed by atoms with Crippen LogP contribution in [0, 0.1) is 11.7 Å². The molecule has 1 N–H and O–H groups in total. The second-order valence-corrected chi connectivity index (χ2v) is 9.38. The van der Waals surface area contributed by atoms with Gasteiger partial charge in [0.05, 0.1) is 18.3 Å². The molecule has 1 amide bonds. The normalized spacial score (nSPS) is 14.3. The number of thiophene rings is 1. The lowest BCUT2D eigenvalue weighted by Gasteiger charge is -2.33. The van der Waals surface area contributed by atoms with Crippen LogP contribution in [-0.2, 0) is 11.3 Å². The summed E-state index contributed by atoms with van der Waals surface area (Å²) in [5, 5.41) is 4.73. The van der Waals surface area contributed by atoms with Gasteiger partial charge in [0.1, 0.15) is 16.3 Å². The summed E-state index contributed by atoms with van der Waals surface area (Å²) in [7, 11) is 1.59. The number of benzene rings is 2. The monoisotopic (exact) mass is 492 g/mol. The second-order valence-electron chi connectivity index (χ2n) is 8.46. The number of ether oxygens (including phenoxy) is 1. The predicted molar refractivity (Wildman–Crippen MR) is 135 cm³/mol. The number of aromatic nitrogens is 2. The van der Waals surface area contributed by atoms with Crippen LogP contribution in [0.25, 0.3) is 15.9 Å². The molecule has 0 bridgehead atoms. The molecule has 1 aliphatic heterocycles. The number of fused-ring (bicyclic) bond motifs is 1. The van der Waals surface area contributed by atoms with E-state index in [-0.39, 0.29) is 29.7 Å². The average molecular weight is 493 g/mol. The number of nitrogens with one attached hydrogen (secondary N) is 1. The summed E-state index contributed by atoms with van der Waals surface area (Å²) >= 11 is 1.37. The maximum absolute atomic E-state index is 13.9. The van der Waals surface area contributed by atoms with E-state index in [0.717, 1.165) is 0 Å². The third kappa shape index (κ3) is 4.64. The summed E-state index contributed by atoms with van der Waals surface area (Å²) in [6.07, 6.45) is 1.22. The lowest BCUT2D eigenvalue weighted by atomic mass is 9.96. The highest BCUT2D eigenvalue weighted by Crippen LogP contribution is 2.27. The van der Waals surface area contributed by atoms with E-state index in [1.165, 1.54) is 17.4 Å². The first-order valence-electron chi connectivity index (χ1n) is 11.5. The van der Waals surface area contributed by atoms with Gasteiger partial charge in [0.25, 0.3) is 5.56 Å². The summed E-state index contributed by atoms with van der Waals surface area (Å²) in [5.41, 5.74) is 1.68. The molecule has 2 aromatic carbocycles. The van der Waals surface area contributed by atoms with Crippen molar-refractivity contribution in [2.75, 3.05) is 25.1 Å². The molecule has 1 aliphatic rings. The van der Waals surface area contributed by atoms with Crippen molar-refractivity contribution in [2.45, 2.75) is 19.4 Å².